The van der Waals surface area contributed by atoms with Gasteiger partial charge in [-0.3, -0.25) is 4.79 Å². The summed E-state index contributed by atoms with van der Waals surface area (Å²) in [5, 5.41) is 0. The lowest BCUT2D eigenvalue weighted by Crippen LogP contribution is -2.48. The van der Waals surface area contributed by atoms with Gasteiger partial charge in [-0.05, 0) is 37.0 Å². The molecule has 3 heteroatoms. The Bertz CT molecular complexity index is 298. The Labute approximate surface area is 117 Å². The highest BCUT2D eigenvalue weighted by atomic mass is 16.2. The Kier molecular flexibility index (Phi) is 4.88. The number of nitrogens with zero attached hydrogens (tertiary/aromatic N) is 1. The molecule has 1 saturated carbocycles. The van der Waals surface area contributed by atoms with Crippen molar-refractivity contribution in [2.24, 2.45) is 23.0 Å². The summed E-state index contributed by atoms with van der Waals surface area (Å²) in [7, 11) is 0. The Hall–Kier alpha value is -0.570. The predicted molar refractivity (Wildman–Crippen MR) is 78.7 cm³/mol. The van der Waals surface area contributed by atoms with Crippen molar-refractivity contribution in [2.75, 3.05) is 19.6 Å². The summed E-state index contributed by atoms with van der Waals surface area (Å²) in [6.45, 7) is 6.60. The first kappa shape index (κ1) is 14.8. The molecule has 110 valence electrons. The zero-order valence-electron chi connectivity index (χ0n) is 12.7. The molecule has 2 N–H and O–H groups in total. The van der Waals surface area contributed by atoms with E-state index in [1.807, 2.05) is 0 Å². The van der Waals surface area contributed by atoms with Crippen LogP contribution in [0.4, 0.5) is 0 Å². The van der Waals surface area contributed by atoms with Gasteiger partial charge in [-0.15, -0.1) is 0 Å². The number of nitrogens with two attached hydrogens (primary N) is 1. The van der Waals surface area contributed by atoms with Gasteiger partial charge in [0.25, 0.3) is 0 Å². The molecule has 1 heterocycles. The van der Waals surface area contributed by atoms with Crippen LogP contribution in [0.2, 0.25) is 0 Å². The van der Waals surface area contributed by atoms with Crippen LogP contribution in [0.25, 0.3) is 0 Å². The van der Waals surface area contributed by atoms with Gasteiger partial charge in [0.15, 0.2) is 0 Å². The lowest BCUT2D eigenvalue weighted by atomic mass is 9.68. The molecule has 1 amide bonds. The monoisotopic (exact) mass is 266 g/mol. The average molecular weight is 266 g/mol. The van der Waals surface area contributed by atoms with Gasteiger partial charge in [-0.2, -0.15) is 0 Å². The molecule has 1 spiro atoms. The molecule has 0 aromatic rings. The van der Waals surface area contributed by atoms with Crippen molar-refractivity contribution in [1.82, 2.24) is 4.90 Å². The smallest absolute Gasteiger partial charge is 0.227 e. The maximum Gasteiger partial charge on any atom is 0.227 e. The van der Waals surface area contributed by atoms with E-state index >= 15 is 0 Å². The topological polar surface area (TPSA) is 46.3 Å². The summed E-state index contributed by atoms with van der Waals surface area (Å²) in [5.41, 5.74) is 6.34. The van der Waals surface area contributed by atoms with E-state index in [1.54, 1.807) is 0 Å². The van der Waals surface area contributed by atoms with Crippen LogP contribution in [0.15, 0.2) is 0 Å². The number of carbonyl (C=O) groups excluding carboxylic acids is 1. The molecule has 1 aliphatic carbocycles. The molecule has 19 heavy (non-hydrogen) atoms. The van der Waals surface area contributed by atoms with Crippen LogP contribution in [-0.2, 0) is 4.79 Å². The van der Waals surface area contributed by atoms with Gasteiger partial charge in [-0.25, -0.2) is 0 Å². The van der Waals surface area contributed by atoms with E-state index in [4.69, 9.17) is 5.73 Å². The fourth-order valence-electron chi connectivity index (χ4n) is 3.90. The Balaban J connectivity index is 1.90. The molecular weight excluding hydrogens is 236 g/mol. The summed E-state index contributed by atoms with van der Waals surface area (Å²) in [6, 6.07) is 0. The molecule has 1 unspecified atom stereocenters. The third kappa shape index (κ3) is 3.31. The highest BCUT2D eigenvalue weighted by Crippen LogP contribution is 2.44. The zero-order valence-corrected chi connectivity index (χ0v) is 12.7. The summed E-state index contributed by atoms with van der Waals surface area (Å²) in [4.78, 5) is 14.6. The molecule has 1 aliphatic heterocycles. The number of amides is 1. The van der Waals surface area contributed by atoms with Crippen LogP contribution in [0.1, 0.15) is 58.8 Å². The summed E-state index contributed by atoms with van der Waals surface area (Å²) in [5.74, 6) is 0.659. The van der Waals surface area contributed by atoms with Crippen LogP contribution in [0, 0.1) is 17.3 Å². The molecule has 0 aromatic carbocycles. The van der Waals surface area contributed by atoms with E-state index in [2.05, 4.69) is 18.7 Å². The second kappa shape index (κ2) is 6.25. The maximum absolute atomic E-state index is 12.5. The minimum absolute atomic E-state index is 0.0143. The van der Waals surface area contributed by atoms with Crippen LogP contribution in [0.3, 0.4) is 0 Å². The Morgan fingerprint density at radius 3 is 2.16 bits per heavy atom. The molecule has 0 aromatic heterocycles. The normalized spacial score (nSPS) is 24.7. The molecule has 2 aliphatic rings. The van der Waals surface area contributed by atoms with Crippen molar-refractivity contribution < 1.29 is 4.79 Å². The highest BCUT2D eigenvalue weighted by molar-refractivity contribution is 5.79. The average Bonchev–Trinajstić information content (AvgIpc) is 2.40. The highest BCUT2D eigenvalue weighted by Gasteiger charge is 2.37. The number of rotatable bonds is 3. The van der Waals surface area contributed by atoms with Gasteiger partial charge in [0.2, 0.25) is 5.91 Å². The fraction of sp³-hybridized carbons (Fsp3) is 0.938. The standard InChI is InChI=1S/C16H30N2O/c1-13(2)14(12-17)15(19)18-10-8-16(9-11-18)6-4-3-5-7-16/h13-14H,3-12,17H2,1-2H3. The Morgan fingerprint density at radius 1 is 1.11 bits per heavy atom. The third-order valence-corrected chi connectivity index (χ3v) is 5.43. The van der Waals surface area contributed by atoms with E-state index in [0.29, 0.717) is 23.8 Å². The molecule has 0 radical (unpaired) electrons. The van der Waals surface area contributed by atoms with Crippen LogP contribution in [-0.4, -0.2) is 30.4 Å². The van der Waals surface area contributed by atoms with Crippen molar-refractivity contribution in [3.8, 4) is 0 Å². The molecule has 1 saturated heterocycles. The van der Waals surface area contributed by atoms with Crippen molar-refractivity contribution in [3.63, 3.8) is 0 Å². The van der Waals surface area contributed by atoms with Gasteiger partial charge in [0.05, 0.1) is 5.92 Å². The van der Waals surface area contributed by atoms with Crippen LogP contribution >= 0.6 is 0 Å². The van der Waals surface area contributed by atoms with E-state index in [1.165, 1.54) is 44.9 Å². The first-order valence-electron chi connectivity index (χ1n) is 8.07. The largest absolute Gasteiger partial charge is 0.342 e. The molecular formula is C16H30N2O. The van der Waals surface area contributed by atoms with Gasteiger partial charge < -0.3 is 10.6 Å². The number of hydrogen-bond acceptors (Lipinski definition) is 2. The quantitative estimate of drug-likeness (QED) is 0.854. The molecule has 3 nitrogen and oxygen atoms in total. The van der Waals surface area contributed by atoms with E-state index < -0.39 is 0 Å². The molecule has 1 atom stereocenters. The van der Waals surface area contributed by atoms with Gasteiger partial charge in [0.1, 0.15) is 0 Å². The minimum atomic E-state index is 0.0143. The fourth-order valence-corrected chi connectivity index (χ4v) is 3.90. The second-order valence-electron chi connectivity index (χ2n) is 6.97. The summed E-state index contributed by atoms with van der Waals surface area (Å²) >= 11 is 0. The first-order chi connectivity index (χ1) is 9.08. The van der Waals surface area contributed by atoms with E-state index in [9.17, 15) is 4.79 Å². The summed E-state index contributed by atoms with van der Waals surface area (Å²) < 4.78 is 0. The first-order valence-corrected chi connectivity index (χ1v) is 8.07. The van der Waals surface area contributed by atoms with Gasteiger partial charge in [0, 0.05) is 19.6 Å². The molecule has 0 bridgehead atoms. The Morgan fingerprint density at radius 2 is 1.68 bits per heavy atom. The SMILES string of the molecule is CC(C)C(CN)C(=O)N1CCC2(CCCCC2)CC1. The van der Waals surface area contributed by atoms with Crippen molar-refractivity contribution in [2.45, 2.75) is 58.8 Å². The number of likely N-dealkylation sites (tertiary alicyclic amines) is 1. The van der Waals surface area contributed by atoms with Crippen molar-refractivity contribution in [1.29, 1.82) is 0 Å². The minimum Gasteiger partial charge on any atom is -0.342 e. The number of carbonyl (C=O) groups is 1. The van der Waals surface area contributed by atoms with Crippen LogP contribution < -0.4 is 5.73 Å². The number of piperidine rings is 1. The maximum atomic E-state index is 12.5. The van der Waals surface area contributed by atoms with E-state index in [-0.39, 0.29) is 5.92 Å². The summed E-state index contributed by atoms with van der Waals surface area (Å²) in [6.07, 6.45) is 9.41. The predicted octanol–water partition coefficient (Wildman–Crippen LogP) is 2.79. The van der Waals surface area contributed by atoms with E-state index in [0.717, 1.165) is 13.1 Å². The van der Waals surface area contributed by atoms with Crippen molar-refractivity contribution in [3.05, 3.63) is 0 Å². The lowest BCUT2D eigenvalue weighted by Gasteiger charge is -2.45. The van der Waals surface area contributed by atoms with Crippen molar-refractivity contribution >= 4 is 5.91 Å². The molecule has 2 rings (SSSR count). The zero-order chi connectivity index (χ0) is 13.9. The van der Waals surface area contributed by atoms with Gasteiger partial charge in [-0.1, -0.05) is 33.1 Å². The van der Waals surface area contributed by atoms with Gasteiger partial charge >= 0.3 is 0 Å². The number of hydrogen-bond donors (Lipinski definition) is 1. The third-order valence-electron chi connectivity index (χ3n) is 5.43. The lowest BCUT2D eigenvalue weighted by molar-refractivity contribution is -0.139. The second-order valence-corrected chi connectivity index (χ2v) is 6.97. The molecule has 2 fully saturated rings. The van der Waals surface area contributed by atoms with Crippen LogP contribution in [0.5, 0.6) is 0 Å².